The third-order valence-electron chi connectivity index (χ3n) is 4.43. The Bertz CT molecular complexity index is 995. The van der Waals surface area contributed by atoms with Crippen molar-refractivity contribution in [3.63, 3.8) is 0 Å². The highest BCUT2D eigenvalue weighted by molar-refractivity contribution is 7.15. The van der Waals surface area contributed by atoms with E-state index < -0.39 is 5.60 Å². The van der Waals surface area contributed by atoms with E-state index in [0.717, 1.165) is 22.0 Å². The fourth-order valence-corrected chi connectivity index (χ4v) is 3.82. The number of carbonyl (C=O) groups excluding carboxylic acids is 1. The Morgan fingerprint density at radius 1 is 1.39 bits per heavy atom. The number of aliphatic hydroxyl groups is 1. The van der Waals surface area contributed by atoms with Crippen LogP contribution in [0, 0.1) is 0 Å². The molecule has 0 bridgehead atoms. The number of rotatable bonds is 9. The van der Waals surface area contributed by atoms with Crippen LogP contribution < -0.4 is 10.1 Å². The van der Waals surface area contributed by atoms with Crippen molar-refractivity contribution in [1.29, 1.82) is 0 Å². The van der Waals surface area contributed by atoms with Gasteiger partial charge in [0, 0.05) is 23.7 Å². The molecule has 0 saturated carbocycles. The van der Waals surface area contributed by atoms with Crippen LogP contribution >= 0.6 is 11.3 Å². The van der Waals surface area contributed by atoms with Gasteiger partial charge in [-0.25, -0.2) is 4.98 Å². The lowest BCUT2D eigenvalue weighted by atomic mass is 9.95. The Morgan fingerprint density at radius 3 is 2.82 bits per heavy atom. The van der Waals surface area contributed by atoms with Crippen LogP contribution in [0.25, 0.3) is 16.2 Å². The van der Waals surface area contributed by atoms with E-state index in [0.29, 0.717) is 18.5 Å². The molecule has 0 atom stereocenters. The van der Waals surface area contributed by atoms with Gasteiger partial charge in [-0.3, -0.25) is 9.20 Å². The van der Waals surface area contributed by atoms with Crippen LogP contribution in [0.3, 0.4) is 0 Å². The monoisotopic (exact) mass is 397 g/mol. The second kappa shape index (κ2) is 8.41. The Hall–Kier alpha value is -2.90. The zero-order valence-corrected chi connectivity index (χ0v) is 16.5. The summed E-state index contributed by atoms with van der Waals surface area (Å²) in [7, 11) is 1.62. The first-order valence-electron chi connectivity index (χ1n) is 8.83. The van der Waals surface area contributed by atoms with E-state index in [-0.39, 0.29) is 12.5 Å². The van der Waals surface area contributed by atoms with Crippen molar-refractivity contribution in [2.45, 2.75) is 18.4 Å². The van der Waals surface area contributed by atoms with Crippen LogP contribution in [0.2, 0.25) is 0 Å². The average molecular weight is 398 g/mol. The number of hydrogen-bond acceptors (Lipinski definition) is 5. The summed E-state index contributed by atoms with van der Waals surface area (Å²) in [6.07, 6.45) is 5.82. The molecular weight excluding hydrogens is 374 g/mol. The topological polar surface area (TPSA) is 75.9 Å². The maximum Gasteiger partial charge on any atom is 0.269 e. The van der Waals surface area contributed by atoms with E-state index >= 15 is 0 Å². The number of hydrogen-bond donors (Lipinski definition) is 2. The van der Waals surface area contributed by atoms with Crippen LogP contribution in [0.4, 0.5) is 0 Å². The molecule has 2 aromatic heterocycles. The van der Waals surface area contributed by atoms with E-state index in [9.17, 15) is 9.90 Å². The molecule has 28 heavy (non-hydrogen) atoms. The molecule has 7 heteroatoms. The SMILES string of the molecule is C=CCC(O)(CC=C)CNC(=O)c1csc2nc(-c3cccc(OC)c3)cn12. The van der Waals surface area contributed by atoms with E-state index in [4.69, 9.17) is 4.74 Å². The molecule has 0 aliphatic rings. The molecule has 146 valence electrons. The van der Waals surface area contributed by atoms with Gasteiger partial charge < -0.3 is 15.2 Å². The summed E-state index contributed by atoms with van der Waals surface area (Å²) in [6.45, 7) is 7.44. The number of fused-ring (bicyclic) bond motifs is 1. The average Bonchev–Trinajstić information content (AvgIpc) is 3.27. The molecule has 3 aromatic rings. The van der Waals surface area contributed by atoms with Gasteiger partial charge in [0.05, 0.1) is 18.4 Å². The predicted octanol–water partition coefficient (Wildman–Crippen LogP) is 3.68. The number of nitrogens with zero attached hydrogens (tertiary/aromatic N) is 2. The number of amides is 1. The molecule has 2 heterocycles. The minimum absolute atomic E-state index is 0.110. The number of benzene rings is 1. The minimum atomic E-state index is -1.09. The van der Waals surface area contributed by atoms with Crippen LogP contribution in [-0.2, 0) is 0 Å². The Labute approximate surface area is 167 Å². The normalized spacial score (nSPS) is 11.4. The van der Waals surface area contributed by atoms with E-state index in [1.165, 1.54) is 11.3 Å². The summed E-state index contributed by atoms with van der Waals surface area (Å²) in [4.78, 5) is 18.0. The maximum atomic E-state index is 12.7. The maximum absolute atomic E-state index is 12.7. The lowest BCUT2D eigenvalue weighted by molar-refractivity contribution is 0.0436. The van der Waals surface area contributed by atoms with Gasteiger partial charge in [0.25, 0.3) is 5.91 Å². The second-order valence-electron chi connectivity index (χ2n) is 6.52. The van der Waals surface area contributed by atoms with Gasteiger partial charge in [0.2, 0.25) is 0 Å². The van der Waals surface area contributed by atoms with Crippen molar-refractivity contribution in [3.8, 4) is 17.0 Å². The fourth-order valence-electron chi connectivity index (χ4n) is 2.97. The molecule has 1 aromatic carbocycles. The van der Waals surface area contributed by atoms with E-state index in [1.807, 2.05) is 30.5 Å². The van der Waals surface area contributed by atoms with Crippen LogP contribution in [-0.4, -0.2) is 39.7 Å². The first-order valence-corrected chi connectivity index (χ1v) is 9.71. The lowest BCUT2D eigenvalue weighted by Gasteiger charge is -2.25. The van der Waals surface area contributed by atoms with Crippen LogP contribution in [0.5, 0.6) is 5.75 Å². The highest BCUT2D eigenvalue weighted by Crippen LogP contribution is 2.26. The molecule has 3 rings (SSSR count). The third-order valence-corrected chi connectivity index (χ3v) is 5.27. The van der Waals surface area contributed by atoms with Crippen molar-refractivity contribution in [2.24, 2.45) is 0 Å². The molecule has 2 N–H and O–H groups in total. The number of methoxy groups -OCH3 is 1. The van der Waals surface area contributed by atoms with Crippen molar-refractivity contribution in [3.05, 3.63) is 66.8 Å². The van der Waals surface area contributed by atoms with Crippen molar-refractivity contribution >= 4 is 22.2 Å². The number of nitrogens with one attached hydrogen (secondary N) is 1. The molecule has 0 spiro atoms. The number of thiazole rings is 1. The van der Waals surface area contributed by atoms with Crippen molar-refractivity contribution in [2.75, 3.05) is 13.7 Å². The number of aromatic nitrogens is 2. The molecule has 0 aliphatic carbocycles. The van der Waals surface area contributed by atoms with Crippen molar-refractivity contribution < 1.29 is 14.6 Å². The van der Waals surface area contributed by atoms with Crippen LogP contribution in [0.15, 0.2) is 61.2 Å². The molecule has 0 saturated heterocycles. The molecule has 6 nitrogen and oxygen atoms in total. The summed E-state index contributed by atoms with van der Waals surface area (Å²) < 4.78 is 7.02. The van der Waals surface area contributed by atoms with Gasteiger partial charge in [0.15, 0.2) is 4.96 Å². The van der Waals surface area contributed by atoms with Gasteiger partial charge in [0.1, 0.15) is 11.4 Å². The van der Waals surface area contributed by atoms with Gasteiger partial charge in [-0.1, -0.05) is 24.3 Å². The third kappa shape index (κ3) is 4.16. The summed E-state index contributed by atoms with van der Waals surface area (Å²) in [5.74, 6) is 0.475. The molecule has 0 radical (unpaired) electrons. The number of ether oxygens (including phenoxy) is 1. The van der Waals surface area contributed by atoms with Gasteiger partial charge in [-0.2, -0.15) is 0 Å². The number of carbonyl (C=O) groups is 1. The quantitative estimate of drug-likeness (QED) is 0.540. The molecule has 0 unspecified atom stereocenters. The standard InChI is InChI=1S/C21H23N3O3S/c1-4-9-21(26,10-5-2)14-22-19(25)18-13-28-20-23-17(12-24(18)20)15-7-6-8-16(11-15)27-3/h4-8,11-13,26H,1-2,9-10,14H2,3H3,(H,22,25). The Balaban J connectivity index is 1.81. The fraction of sp³-hybridized carbons (Fsp3) is 0.238. The first kappa shape index (κ1) is 19.9. The highest BCUT2D eigenvalue weighted by atomic mass is 32.1. The second-order valence-corrected chi connectivity index (χ2v) is 7.36. The molecule has 0 fully saturated rings. The molecule has 1 amide bonds. The highest BCUT2D eigenvalue weighted by Gasteiger charge is 2.25. The van der Waals surface area contributed by atoms with Gasteiger partial charge in [-0.05, 0) is 25.0 Å². The smallest absolute Gasteiger partial charge is 0.269 e. The first-order chi connectivity index (χ1) is 13.5. The zero-order chi connectivity index (χ0) is 20.1. The van der Waals surface area contributed by atoms with Gasteiger partial charge in [-0.15, -0.1) is 24.5 Å². The van der Waals surface area contributed by atoms with Gasteiger partial charge >= 0.3 is 0 Å². The van der Waals surface area contributed by atoms with E-state index in [2.05, 4.69) is 23.5 Å². The minimum Gasteiger partial charge on any atom is -0.497 e. The molecular formula is C21H23N3O3S. The zero-order valence-electron chi connectivity index (χ0n) is 15.7. The molecule has 0 aliphatic heterocycles. The van der Waals surface area contributed by atoms with Crippen LogP contribution in [0.1, 0.15) is 23.3 Å². The Kier molecular flexibility index (Phi) is 5.96. The lowest BCUT2D eigenvalue weighted by Crippen LogP contribution is -2.42. The Morgan fingerprint density at radius 2 is 2.14 bits per heavy atom. The van der Waals surface area contributed by atoms with Crippen molar-refractivity contribution in [1.82, 2.24) is 14.7 Å². The van der Waals surface area contributed by atoms with E-state index in [1.54, 1.807) is 29.0 Å². The largest absolute Gasteiger partial charge is 0.497 e. The summed E-state index contributed by atoms with van der Waals surface area (Å²) in [5, 5.41) is 15.2. The predicted molar refractivity (Wildman–Crippen MR) is 112 cm³/mol. The number of imidazole rings is 1. The summed E-state index contributed by atoms with van der Waals surface area (Å²) >= 11 is 1.39. The summed E-state index contributed by atoms with van der Waals surface area (Å²) in [5.41, 5.74) is 1.05. The summed E-state index contributed by atoms with van der Waals surface area (Å²) in [6, 6.07) is 7.61.